The predicted molar refractivity (Wildman–Crippen MR) is 73.4 cm³/mol. The Labute approximate surface area is 122 Å². The summed E-state index contributed by atoms with van der Waals surface area (Å²) in [6.45, 7) is 3.10. The van der Waals surface area contributed by atoms with E-state index in [1.54, 1.807) is 0 Å². The zero-order valence-electron chi connectivity index (χ0n) is 12.1. The molecule has 4 amide bonds. The van der Waals surface area contributed by atoms with Crippen LogP contribution in [0.4, 0.5) is 4.79 Å². The molecule has 1 aliphatic rings. The van der Waals surface area contributed by atoms with E-state index >= 15 is 0 Å². The highest BCUT2D eigenvalue weighted by Crippen LogP contribution is 2.16. The number of nitrogens with zero attached hydrogens (tertiary/aromatic N) is 1. The third kappa shape index (κ3) is 6.73. The predicted octanol–water partition coefficient (Wildman–Crippen LogP) is -0.0645. The zero-order chi connectivity index (χ0) is 15.8. The van der Waals surface area contributed by atoms with Crippen molar-refractivity contribution < 1.29 is 24.3 Å². The molecular weight excluding hydrogens is 278 g/mol. The standard InChI is InChI=1S/C13H21N3O5/c1-9(17)14-8-10-4-6-16(7-5-10)13(21)15-11(18)2-3-12(19)20/h10H,2-8H2,1H3,(H,14,17)(H,19,20)(H,15,18,21). The van der Waals surface area contributed by atoms with Crippen molar-refractivity contribution in [2.24, 2.45) is 5.92 Å². The van der Waals surface area contributed by atoms with Gasteiger partial charge in [0.1, 0.15) is 0 Å². The molecule has 1 saturated heterocycles. The fourth-order valence-electron chi connectivity index (χ4n) is 2.11. The van der Waals surface area contributed by atoms with Crippen molar-refractivity contribution in [3.63, 3.8) is 0 Å². The molecule has 0 aromatic rings. The first-order valence-electron chi connectivity index (χ1n) is 6.93. The number of imide groups is 1. The molecule has 0 unspecified atom stereocenters. The van der Waals surface area contributed by atoms with Crippen LogP contribution in [0.5, 0.6) is 0 Å². The Morgan fingerprint density at radius 2 is 1.76 bits per heavy atom. The summed E-state index contributed by atoms with van der Waals surface area (Å²) in [4.78, 5) is 45.9. The lowest BCUT2D eigenvalue weighted by atomic mass is 9.97. The van der Waals surface area contributed by atoms with Crippen LogP contribution in [0.3, 0.4) is 0 Å². The summed E-state index contributed by atoms with van der Waals surface area (Å²) in [6, 6.07) is -0.483. The number of urea groups is 1. The van der Waals surface area contributed by atoms with Gasteiger partial charge < -0.3 is 15.3 Å². The molecule has 8 nitrogen and oxygen atoms in total. The number of likely N-dealkylation sites (tertiary alicyclic amines) is 1. The van der Waals surface area contributed by atoms with Crippen molar-refractivity contribution in [3.05, 3.63) is 0 Å². The van der Waals surface area contributed by atoms with Gasteiger partial charge in [-0.3, -0.25) is 19.7 Å². The number of aliphatic carboxylic acids is 1. The number of piperidine rings is 1. The number of hydrogen-bond donors (Lipinski definition) is 3. The van der Waals surface area contributed by atoms with Crippen LogP contribution in [0, 0.1) is 5.92 Å². The molecule has 0 bridgehead atoms. The van der Waals surface area contributed by atoms with E-state index < -0.39 is 17.9 Å². The first kappa shape index (κ1) is 16.9. The van der Waals surface area contributed by atoms with Crippen LogP contribution >= 0.6 is 0 Å². The molecule has 0 aromatic carbocycles. The monoisotopic (exact) mass is 299 g/mol. The molecule has 8 heteroatoms. The number of carbonyl (C=O) groups excluding carboxylic acids is 3. The minimum Gasteiger partial charge on any atom is -0.481 e. The van der Waals surface area contributed by atoms with Gasteiger partial charge in [0, 0.05) is 33.0 Å². The maximum atomic E-state index is 11.8. The Bertz CT molecular complexity index is 416. The van der Waals surface area contributed by atoms with Crippen molar-refractivity contribution >= 4 is 23.8 Å². The van der Waals surface area contributed by atoms with E-state index in [2.05, 4.69) is 10.6 Å². The minimum atomic E-state index is -1.07. The van der Waals surface area contributed by atoms with E-state index in [1.807, 2.05) is 0 Å². The molecule has 1 heterocycles. The van der Waals surface area contributed by atoms with Gasteiger partial charge >= 0.3 is 12.0 Å². The average Bonchev–Trinajstić information content (AvgIpc) is 2.43. The lowest BCUT2D eigenvalue weighted by molar-refractivity contribution is -0.138. The van der Waals surface area contributed by atoms with Gasteiger partial charge in [-0.15, -0.1) is 0 Å². The van der Waals surface area contributed by atoms with E-state index in [9.17, 15) is 19.2 Å². The van der Waals surface area contributed by atoms with E-state index in [1.165, 1.54) is 11.8 Å². The number of carboxylic acids is 1. The fraction of sp³-hybridized carbons (Fsp3) is 0.692. The lowest BCUT2D eigenvalue weighted by Crippen LogP contribution is -2.47. The number of hydrogen-bond acceptors (Lipinski definition) is 4. The van der Waals surface area contributed by atoms with Crippen LogP contribution in [0.25, 0.3) is 0 Å². The number of carboxylic acid groups (broad SMARTS) is 1. The first-order valence-corrected chi connectivity index (χ1v) is 6.93. The minimum absolute atomic E-state index is 0.0702. The van der Waals surface area contributed by atoms with Crippen LogP contribution in [0.1, 0.15) is 32.6 Å². The molecule has 1 fully saturated rings. The Balaban J connectivity index is 2.26. The van der Waals surface area contributed by atoms with Gasteiger partial charge in [-0.25, -0.2) is 4.79 Å². The van der Waals surface area contributed by atoms with Crippen LogP contribution in [0.2, 0.25) is 0 Å². The van der Waals surface area contributed by atoms with Crippen molar-refractivity contribution in [2.75, 3.05) is 19.6 Å². The van der Waals surface area contributed by atoms with Gasteiger partial charge in [-0.2, -0.15) is 0 Å². The smallest absolute Gasteiger partial charge is 0.324 e. The summed E-state index contributed by atoms with van der Waals surface area (Å²) in [5, 5.41) is 13.4. The fourth-order valence-corrected chi connectivity index (χ4v) is 2.11. The SMILES string of the molecule is CC(=O)NCC1CCN(C(=O)NC(=O)CCC(=O)O)CC1. The van der Waals surface area contributed by atoms with Gasteiger partial charge in [-0.1, -0.05) is 0 Å². The summed E-state index contributed by atoms with van der Waals surface area (Å²) in [5.74, 6) is -1.39. The van der Waals surface area contributed by atoms with E-state index in [0.29, 0.717) is 25.6 Å². The second-order valence-corrected chi connectivity index (χ2v) is 5.11. The van der Waals surface area contributed by atoms with Crippen molar-refractivity contribution in [2.45, 2.75) is 32.6 Å². The third-order valence-electron chi connectivity index (χ3n) is 3.35. The summed E-state index contributed by atoms with van der Waals surface area (Å²) in [7, 11) is 0. The third-order valence-corrected chi connectivity index (χ3v) is 3.35. The average molecular weight is 299 g/mol. The van der Waals surface area contributed by atoms with Crippen LogP contribution in [-0.2, 0) is 14.4 Å². The summed E-state index contributed by atoms with van der Waals surface area (Å²) in [6.07, 6.45) is 1.02. The van der Waals surface area contributed by atoms with Gasteiger partial charge in [0.2, 0.25) is 11.8 Å². The molecule has 0 atom stereocenters. The summed E-state index contributed by atoms with van der Waals surface area (Å²) in [5.41, 5.74) is 0. The van der Waals surface area contributed by atoms with Gasteiger partial charge in [0.05, 0.1) is 6.42 Å². The molecule has 1 rings (SSSR count). The molecule has 3 N–H and O–H groups in total. The largest absolute Gasteiger partial charge is 0.481 e. The Morgan fingerprint density at radius 3 is 2.29 bits per heavy atom. The molecule has 0 saturated carbocycles. The lowest BCUT2D eigenvalue weighted by Gasteiger charge is -2.31. The highest BCUT2D eigenvalue weighted by Gasteiger charge is 2.23. The molecular formula is C13H21N3O5. The molecule has 21 heavy (non-hydrogen) atoms. The Hall–Kier alpha value is -2.12. The topological polar surface area (TPSA) is 116 Å². The molecule has 118 valence electrons. The van der Waals surface area contributed by atoms with Crippen molar-refractivity contribution in [1.29, 1.82) is 0 Å². The normalized spacial score (nSPS) is 15.4. The molecule has 0 aliphatic carbocycles. The first-order chi connectivity index (χ1) is 9.88. The number of rotatable bonds is 5. The van der Waals surface area contributed by atoms with Crippen LogP contribution in [-0.4, -0.2) is 53.5 Å². The quantitative estimate of drug-likeness (QED) is 0.657. The van der Waals surface area contributed by atoms with Crippen LogP contribution < -0.4 is 10.6 Å². The van der Waals surface area contributed by atoms with Crippen molar-refractivity contribution in [3.8, 4) is 0 Å². The van der Waals surface area contributed by atoms with E-state index in [4.69, 9.17) is 5.11 Å². The Kier molecular flexibility index (Phi) is 6.64. The zero-order valence-corrected chi connectivity index (χ0v) is 12.1. The van der Waals surface area contributed by atoms with Crippen molar-refractivity contribution in [1.82, 2.24) is 15.5 Å². The van der Waals surface area contributed by atoms with Gasteiger partial charge in [0.15, 0.2) is 0 Å². The Morgan fingerprint density at radius 1 is 1.14 bits per heavy atom. The summed E-state index contributed by atoms with van der Waals surface area (Å²) >= 11 is 0. The molecule has 0 radical (unpaired) electrons. The van der Waals surface area contributed by atoms with Crippen LogP contribution in [0.15, 0.2) is 0 Å². The second kappa shape index (κ2) is 8.23. The van der Waals surface area contributed by atoms with Gasteiger partial charge in [0.25, 0.3) is 0 Å². The maximum Gasteiger partial charge on any atom is 0.324 e. The van der Waals surface area contributed by atoms with Gasteiger partial charge in [-0.05, 0) is 18.8 Å². The number of carbonyl (C=O) groups is 4. The highest BCUT2D eigenvalue weighted by molar-refractivity contribution is 5.95. The number of nitrogens with one attached hydrogen (secondary N) is 2. The molecule has 0 aromatic heterocycles. The molecule has 0 spiro atoms. The summed E-state index contributed by atoms with van der Waals surface area (Å²) < 4.78 is 0. The second-order valence-electron chi connectivity index (χ2n) is 5.11. The maximum absolute atomic E-state index is 11.8. The number of amides is 4. The van der Waals surface area contributed by atoms with E-state index in [-0.39, 0.29) is 18.7 Å². The highest BCUT2D eigenvalue weighted by atomic mass is 16.4. The van der Waals surface area contributed by atoms with E-state index in [0.717, 1.165) is 12.8 Å². The molecule has 1 aliphatic heterocycles.